The fourth-order valence-corrected chi connectivity index (χ4v) is 8.03. The molecule has 3 fully saturated rings. The lowest BCUT2D eigenvalue weighted by Gasteiger charge is -2.40. The summed E-state index contributed by atoms with van der Waals surface area (Å²) in [6.45, 7) is 2.78. The standard InChI is InChI=1S/C20H28FN3O5S2/c21-17-3-5-19(6-4-17)31(28,29)24-8-1-2-16(14-24)20(25)23-11-9-22(10-12-23)18-7-13-30(26,27)15-18/h3-6,16,18H,1-2,7-15H2/t16-,18-/m0/s1. The predicted octanol–water partition coefficient (Wildman–Crippen LogP) is 0.558. The van der Waals surface area contributed by atoms with Crippen LogP contribution in [-0.4, -0.2) is 93.7 Å². The van der Waals surface area contributed by atoms with Gasteiger partial charge in [0, 0.05) is 45.3 Å². The first-order chi connectivity index (χ1) is 14.7. The molecular formula is C20H28FN3O5S2. The number of nitrogens with zero attached hydrogens (tertiary/aromatic N) is 3. The van der Waals surface area contributed by atoms with Crippen molar-refractivity contribution in [2.45, 2.75) is 30.2 Å². The molecule has 0 aromatic heterocycles. The van der Waals surface area contributed by atoms with Gasteiger partial charge in [-0.15, -0.1) is 0 Å². The van der Waals surface area contributed by atoms with Gasteiger partial charge in [-0.25, -0.2) is 21.2 Å². The minimum Gasteiger partial charge on any atom is -0.340 e. The smallest absolute Gasteiger partial charge is 0.243 e. The van der Waals surface area contributed by atoms with E-state index in [-0.39, 0.29) is 34.9 Å². The van der Waals surface area contributed by atoms with Crippen molar-refractivity contribution in [1.29, 1.82) is 0 Å². The minimum absolute atomic E-state index is 0.0297. The molecule has 3 aliphatic rings. The van der Waals surface area contributed by atoms with E-state index in [2.05, 4.69) is 4.90 Å². The molecule has 0 N–H and O–H groups in total. The Kier molecular flexibility index (Phi) is 6.39. The van der Waals surface area contributed by atoms with E-state index in [9.17, 15) is 26.0 Å². The molecule has 0 aliphatic carbocycles. The summed E-state index contributed by atoms with van der Waals surface area (Å²) in [5, 5.41) is 0. The summed E-state index contributed by atoms with van der Waals surface area (Å²) in [5.41, 5.74) is 0. The topological polar surface area (TPSA) is 95.1 Å². The fraction of sp³-hybridized carbons (Fsp3) is 0.650. The zero-order valence-corrected chi connectivity index (χ0v) is 19.0. The molecular weight excluding hydrogens is 445 g/mol. The number of rotatable bonds is 4. The van der Waals surface area contributed by atoms with Crippen LogP contribution in [0, 0.1) is 11.7 Å². The van der Waals surface area contributed by atoms with E-state index in [1.165, 1.54) is 16.4 Å². The number of carbonyl (C=O) groups excluding carboxylic acids is 1. The van der Waals surface area contributed by atoms with Gasteiger partial charge in [0.05, 0.1) is 22.3 Å². The van der Waals surface area contributed by atoms with Gasteiger partial charge in [-0.3, -0.25) is 9.69 Å². The van der Waals surface area contributed by atoms with Crippen molar-refractivity contribution in [3.63, 3.8) is 0 Å². The number of sulfone groups is 1. The van der Waals surface area contributed by atoms with Gasteiger partial charge in [0.25, 0.3) is 0 Å². The number of sulfonamides is 1. The summed E-state index contributed by atoms with van der Waals surface area (Å²) in [5.74, 6) is -0.517. The number of hydrogen-bond donors (Lipinski definition) is 0. The summed E-state index contributed by atoms with van der Waals surface area (Å²) in [6, 6.07) is 4.77. The van der Waals surface area contributed by atoms with Crippen LogP contribution in [-0.2, 0) is 24.7 Å². The largest absolute Gasteiger partial charge is 0.340 e. The van der Waals surface area contributed by atoms with Crippen molar-refractivity contribution < 1.29 is 26.0 Å². The van der Waals surface area contributed by atoms with Crippen LogP contribution in [0.3, 0.4) is 0 Å². The van der Waals surface area contributed by atoms with E-state index in [0.29, 0.717) is 52.0 Å². The maximum Gasteiger partial charge on any atom is 0.243 e. The third-order valence-corrected chi connectivity index (χ3v) is 10.2. The van der Waals surface area contributed by atoms with Crippen LogP contribution in [0.1, 0.15) is 19.3 Å². The molecule has 1 aromatic rings. The normalized spacial score (nSPS) is 28.0. The van der Waals surface area contributed by atoms with Gasteiger partial charge in [-0.1, -0.05) is 0 Å². The van der Waals surface area contributed by atoms with Crippen LogP contribution >= 0.6 is 0 Å². The summed E-state index contributed by atoms with van der Waals surface area (Å²) in [4.78, 5) is 17.0. The molecule has 0 saturated carbocycles. The third kappa shape index (κ3) is 4.94. The van der Waals surface area contributed by atoms with Gasteiger partial charge >= 0.3 is 0 Å². The van der Waals surface area contributed by atoms with Crippen molar-refractivity contribution in [2.24, 2.45) is 5.92 Å². The highest BCUT2D eigenvalue weighted by Crippen LogP contribution is 2.26. The molecule has 0 bridgehead atoms. The molecule has 1 amide bonds. The van der Waals surface area contributed by atoms with Crippen LogP contribution in [0.4, 0.5) is 4.39 Å². The van der Waals surface area contributed by atoms with Crippen LogP contribution < -0.4 is 0 Å². The molecule has 3 saturated heterocycles. The van der Waals surface area contributed by atoms with E-state index >= 15 is 0 Å². The number of amides is 1. The maximum atomic E-state index is 13.2. The Balaban J connectivity index is 1.35. The van der Waals surface area contributed by atoms with Crippen molar-refractivity contribution in [1.82, 2.24) is 14.1 Å². The van der Waals surface area contributed by atoms with Crippen LogP contribution in [0.2, 0.25) is 0 Å². The molecule has 0 spiro atoms. The van der Waals surface area contributed by atoms with Crippen LogP contribution in [0.25, 0.3) is 0 Å². The molecule has 31 heavy (non-hydrogen) atoms. The summed E-state index contributed by atoms with van der Waals surface area (Å²) in [6.07, 6.45) is 1.88. The number of halogens is 1. The summed E-state index contributed by atoms with van der Waals surface area (Å²) >= 11 is 0. The maximum absolute atomic E-state index is 13.2. The fourth-order valence-electron chi connectivity index (χ4n) is 4.75. The van der Waals surface area contributed by atoms with Gasteiger partial charge in [0.2, 0.25) is 15.9 Å². The Morgan fingerprint density at radius 2 is 1.68 bits per heavy atom. The first kappa shape index (κ1) is 22.6. The lowest BCUT2D eigenvalue weighted by atomic mass is 9.97. The highest BCUT2D eigenvalue weighted by molar-refractivity contribution is 7.91. The first-order valence-corrected chi connectivity index (χ1v) is 13.9. The Labute approximate surface area is 183 Å². The lowest BCUT2D eigenvalue weighted by molar-refractivity contribution is -0.138. The van der Waals surface area contributed by atoms with E-state index in [1.54, 1.807) is 4.90 Å². The zero-order chi connectivity index (χ0) is 22.2. The Bertz CT molecular complexity index is 1020. The van der Waals surface area contributed by atoms with Crippen molar-refractivity contribution in [3.8, 4) is 0 Å². The highest BCUT2D eigenvalue weighted by atomic mass is 32.2. The second kappa shape index (κ2) is 8.76. The molecule has 8 nitrogen and oxygen atoms in total. The number of hydrogen-bond acceptors (Lipinski definition) is 6. The molecule has 11 heteroatoms. The number of piperazine rings is 1. The molecule has 1 aromatic carbocycles. The van der Waals surface area contributed by atoms with Crippen LogP contribution in [0.5, 0.6) is 0 Å². The Morgan fingerprint density at radius 3 is 2.29 bits per heavy atom. The molecule has 3 heterocycles. The van der Waals surface area contributed by atoms with E-state index in [0.717, 1.165) is 12.1 Å². The first-order valence-electron chi connectivity index (χ1n) is 10.6. The molecule has 0 unspecified atom stereocenters. The van der Waals surface area contributed by atoms with Gasteiger partial charge in [0.1, 0.15) is 5.82 Å². The third-order valence-electron chi connectivity index (χ3n) is 6.54. The molecule has 3 aliphatic heterocycles. The monoisotopic (exact) mass is 473 g/mol. The molecule has 0 radical (unpaired) electrons. The second-order valence-electron chi connectivity index (χ2n) is 8.57. The number of carbonyl (C=O) groups is 1. The summed E-state index contributed by atoms with van der Waals surface area (Å²) < 4.78 is 63.8. The van der Waals surface area contributed by atoms with E-state index in [4.69, 9.17) is 0 Å². The van der Waals surface area contributed by atoms with Crippen molar-refractivity contribution in [2.75, 3.05) is 50.8 Å². The molecule has 4 rings (SSSR count). The van der Waals surface area contributed by atoms with E-state index < -0.39 is 31.6 Å². The van der Waals surface area contributed by atoms with Gasteiger partial charge in [-0.05, 0) is 43.5 Å². The van der Waals surface area contributed by atoms with Gasteiger partial charge < -0.3 is 4.90 Å². The summed E-state index contributed by atoms with van der Waals surface area (Å²) in [7, 11) is -6.72. The Hall–Kier alpha value is -1.56. The van der Waals surface area contributed by atoms with Crippen molar-refractivity contribution in [3.05, 3.63) is 30.1 Å². The second-order valence-corrected chi connectivity index (χ2v) is 12.7. The SMILES string of the molecule is O=C([C@H]1CCCN(S(=O)(=O)c2ccc(F)cc2)C1)N1CCN([C@H]2CCS(=O)(=O)C2)CC1. The van der Waals surface area contributed by atoms with Gasteiger partial charge in [-0.2, -0.15) is 4.31 Å². The molecule has 172 valence electrons. The van der Waals surface area contributed by atoms with Crippen LogP contribution in [0.15, 0.2) is 29.2 Å². The van der Waals surface area contributed by atoms with E-state index in [1.807, 2.05) is 0 Å². The lowest BCUT2D eigenvalue weighted by Crippen LogP contribution is -2.55. The highest BCUT2D eigenvalue weighted by Gasteiger charge is 2.38. The average molecular weight is 474 g/mol. The average Bonchev–Trinajstić information content (AvgIpc) is 3.13. The minimum atomic E-state index is -3.78. The molecule has 2 atom stereocenters. The Morgan fingerprint density at radius 1 is 1.00 bits per heavy atom. The predicted molar refractivity (Wildman–Crippen MR) is 113 cm³/mol. The number of benzene rings is 1. The van der Waals surface area contributed by atoms with Crippen molar-refractivity contribution >= 4 is 25.8 Å². The number of piperidine rings is 1. The quantitative estimate of drug-likeness (QED) is 0.634. The zero-order valence-electron chi connectivity index (χ0n) is 17.3. The van der Waals surface area contributed by atoms with Gasteiger partial charge in [0.15, 0.2) is 9.84 Å².